The first-order valence-electron chi connectivity index (χ1n) is 6.13. The molecule has 3 rings (SSSR count). The fraction of sp³-hybridized carbons (Fsp3) is 0.583. The molecule has 0 bridgehead atoms. The molecule has 0 N–H and O–H groups in total. The number of ether oxygens (including phenoxy) is 1. The van der Waals surface area contributed by atoms with Crippen molar-refractivity contribution < 1.29 is 4.74 Å². The van der Waals surface area contributed by atoms with E-state index in [1.54, 1.807) is 7.11 Å². The third-order valence-corrected chi connectivity index (χ3v) is 3.65. The molecule has 96 valence electrons. The fourth-order valence-electron chi connectivity index (χ4n) is 2.34. The SMILES string of the molecule is COc1ncnc2c1nc(C(C)Cl)n2C1CCC1. The van der Waals surface area contributed by atoms with Gasteiger partial charge < -0.3 is 9.30 Å². The maximum atomic E-state index is 6.23. The monoisotopic (exact) mass is 266 g/mol. The predicted octanol–water partition coefficient (Wildman–Crippen LogP) is 2.86. The summed E-state index contributed by atoms with van der Waals surface area (Å²) in [5.41, 5.74) is 1.53. The van der Waals surface area contributed by atoms with Crippen molar-refractivity contribution in [3.8, 4) is 5.88 Å². The Labute approximate surface area is 110 Å². The van der Waals surface area contributed by atoms with Gasteiger partial charge in [-0.1, -0.05) is 0 Å². The van der Waals surface area contributed by atoms with Gasteiger partial charge in [0.25, 0.3) is 0 Å². The van der Waals surface area contributed by atoms with Gasteiger partial charge in [-0.3, -0.25) is 0 Å². The highest BCUT2D eigenvalue weighted by Gasteiger charge is 2.28. The lowest BCUT2D eigenvalue weighted by atomic mass is 9.92. The van der Waals surface area contributed by atoms with Gasteiger partial charge in [-0.25, -0.2) is 9.97 Å². The van der Waals surface area contributed by atoms with Crippen LogP contribution in [0.1, 0.15) is 43.4 Å². The molecule has 1 atom stereocenters. The van der Waals surface area contributed by atoms with Crippen molar-refractivity contribution in [1.29, 1.82) is 0 Å². The van der Waals surface area contributed by atoms with Crippen LogP contribution >= 0.6 is 11.6 Å². The molecule has 6 heteroatoms. The van der Waals surface area contributed by atoms with Crippen LogP contribution in [-0.2, 0) is 0 Å². The number of nitrogens with zero attached hydrogens (tertiary/aromatic N) is 4. The van der Waals surface area contributed by atoms with E-state index in [4.69, 9.17) is 16.3 Å². The number of hydrogen-bond acceptors (Lipinski definition) is 4. The lowest BCUT2D eigenvalue weighted by Crippen LogP contribution is -2.19. The van der Waals surface area contributed by atoms with E-state index < -0.39 is 0 Å². The zero-order chi connectivity index (χ0) is 12.7. The van der Waals surface area contributed by atoms with Crippen molar-refractivity contribution in [2.24, 2.45) is 0 Å². The van der Waals surface area contributed by atoms with Crippen molar-refractivity contribution in [1.82, 2.24) is 19.5 Å². The van der Waals surface area contributed by atoms with Gasteiger partial charge in [0.15, 0.2) is 11.2 Å². The van der Waals surface area contributed by atoms with Gasteiger partial charge in [0.1, 0.15) is 12.2 Å². The van der Waals surface area contributed by atoms with Gasteiger partial charge in [-0.15, -0.1) is 11.6 Å². The van der Waals surface area contributed by atoms with E-state index in [-0.39, 0.29) is 5.38 Å². The van der Waals surface area contributed by atoms with Gasteiger partial charge in [0, 0.05) is 6.04 Å². The number of rotatable bonds is 3. The quantitative estimate of drug-likeness (QED) is 0.802. The Bertz CT molecular complexity index is 577. The van der Waals surface area contributed by atoms with Crippen LogP contribution in [0.4, 0.5) is 0 Å². The molecular weight excluding hydrogens is 252 g/mol. The van der Waals surface area contributed by atoms with Gasteiger partial charge >= 0.3 is 0 Å². The number of hydrogen-bond donors (Lipinski definition) is 0. The van der Waals surface area contributed by atoms with Crippen molar-refractivity contribution in [3.05, 3.63) is 12.2 Å². The number of imidazole rings is 1. The molecular formula is C12H15ClN4O. The first-order chi connectivity index (χ1) is 8.72. The highest BCUT2D eigenvalue weighted by atomic mass is 35.5. The summed E-state index contributed by atoms with van der Waals surface area (Å²) in [7, 11) is 1.59. The van der Waals surface area contributed by atoms with Gasteiger partial charge in [-0.05, 0) is 26.2 Å². The number of alkyl halides is 1. The van der Waals surface area contributed by atoms with Crippen LogP contribution in [-0.4, -0.2) is 26.6 Å². The van der Waals surface area contributed by atoms with Gasteiger partial charge in [-0.2, -0.15) is 4.98 Å². The summed E-state index contributed by atoms with van der Waals surface area (Å²) in [6, 6.07) is 0.464. The van der Waals surface area contributed by atoms with Crippen molar-refractivity contribution in [3.63, 3.8) is 0 Å². The second-order valence-electron chi connectivity index (χ2n) is 4.60. The van der Waals surface area contributed by atoms with Crippen LogP contribution in [0.5, 0.6) is 5.88 Å². The Hall–Kier alpha value is -1.36. The molecule has 1 saturated carbocycles. The topological polar surface area (TPSA) is 52.8 Å². The number of methoxy groups -OCH3 is 1. The van der Waals surface area contributed by atoms with Crippen molar-refractivity contribution in [2.75, 3.05) is 7.11 Å². The van der Waals surface area contributed by atoms with Crippen LogP contribution in [0.25, 0.3) is 11.2 Å². The molecule has 1 aliphatic rings. The lowest BCUT2D eigenvalue weighted by molar-refractivity contribution is 0.312. The smallest absolute Gasteiger partial charge is 0.245 e. The first-order valence-corrected chi connectivity index (χ1v) is 6.57. The van der Waals surface area contributed by atoms with Crippen LogP contribution in [0.3, 0.4) is 0 Å². The third kappa shape index (κ3) is 1.65. The van der Waals surface area contributed by atoms with Crippen LogP contribution in [0, 0.1) is 0 Å². The first kappa shape index (κ1) is 11.7. The van der Waals surface area contributed by atoms with E-state index >= 15 is 0 Å². The van der Waals surface area contributed by atoms with E-state index in [9.17, 15) is 0 Å². The average molecular weight is 267 g/mol. The molecule has 2 aromatic heterocycles. The summed E-state index contributed by atoms with van der Waals surface area (Å²) in [6.45, 7) is 1.93. The van der Waals surface area contributed by atoms with E-state index in [2.05, 4.69) is 19.5 Å². The molecule has 0 amide bonds. The molecule has 0 saturated heterocycles. The molecule has 1 unspecified atom stereocenters. The van der Waals surface area contributed by atoms with Crippen LogP contribution in [0.15, 0.2) is 6.33 Å². The average Bonchev–Trinajstić information content (AvgIpc) is 2.67. The summed E-state index contributed by atoms with van der Waals surface area (Å²) in [5, 5.41) is -0.149. The number of aromatic nitrogens is 4. The fourth-order valence-corrected chi connectivity index (χ4v) is 2.49. The number of fused-ring (bicyclic) bond motifs is 1. The van der Waals surface area contributed by atoms with Crippen molar-refractivity contribution >= 4 is 22.8 Å². The summed E-state index contributed by atoms with van der Waals surface area (Å²) >= 11 is 6.23. The third-order valence-electron chi connectivity index (χ3n) is 3.46. The lowest BCUT2D eigenvalue weighted by Gasteiger charge is -2.29. The molecule has 2 aromatic rings. The maximum absolute atomic E-state index is 6.23. The Balaban J connectivity index is 2.25. The Morgan fingerprint density at radius 1 is 1.44 bits per heavy atom. The highest BCUT2D eigenvalue weighted by Crippen LogP contribution is 2.38. The second kappa shape index (κ2) is 4.39. The molecule has 0 aliphatic heterocycles. The second-order valence-corrected chi connectivity index (χ2v) is 5.25. The predicted molar refractivity (Wildman–Crippen MR) is 69.0 cm³/mol. The normalized spacial score (nSPS) is 17.7. The van der Waals surface area contributed by atoms with Gasteiger partial charge in [0.05, 0.1) is 12.5 Å². The Kier molecular flexibility index (Phi) is 2.86. The maximum Gasteiger partial charge on any atom is 0.245 e. The molecule has 0 aromatic carbocycles. The van der Waals surface area contributed by atoms with Crippen molar-refractivity contribution in [2.45, 2.75) is 37.6 Å². The van der Waals surface area contributed by atoms with E-state index in [0.29, 0.717) is 17.4 Å². The molecule has 18 heavy (non-hydrogen) atoms. The van der Waals surface area contributed by atoms with Gasteiger partial charge in [0.2, 0.25) is 5.88 Å². The minimum Gasteiger partial charge on any atom is -0.479 e. The Morgan fingerprint density at radius 2 is 2.22 bits per heavy atom. The summed E-state index contributed by atoms with van der Waals surface area (Å²) in [5.74, 6) is 1.37. The number of halogens is 1. The highest BCUT2D eigenvalue weighted by molar-refractivity contribution is 6.20. The minimum absolute atomic E-state index is 0.149. The van der Waals surface area contributed by atoms with Crippen LogP contribution < -0.4 is 4.74 Å². The van der Waals surface area contributed by atoms with E-state index in [1.807, 2.05) is 6.92 Å². The summed E-state index contributed by atoms with van der Waals surface area (Å²) < 4.78 is 7.39. The minimum atomic E-state index is -0.149. The molecule has 0 radical (unpaired) electrons. The zero-order valence-corrected chi connectivity index (χ0v) is 11.2. The zero-order valence-electron chi connectivity index (χ0n) is 10.4. The van der Waals surface area contributed by atoms with Crippen LogP contribution in [0.2, 0.25) is 0 Å². The molecule has 2 heterocycles. The summed E-state index contributed by atoms with van der Waals surface area (Å²) in [6.07, 6.45) is 5.09. The molecule has 1 fully saturated rings. The standard InChI is InChI=1S/C12H15ClN4O/c1-7(13)10-16-9-11(14-6-15-12(9)18-2)17(10)8-4-3-5-8/h6-8H,3-5H2,1-2H3. The van der Waals surface area contributed by atoms with E-state index in [1.165, 1.54) is 12.7 Å². The Morgan fingerprint density at radius 3 is 2.78 bits per heavy atom. The molecule has 5 nitrogen and oxygen atoms in total. The molecule has 1 aliphatic carbocycles. The summed E-state index contributed by atoms with van der Waals surface area (Å²) in [4.78, 5) is 13.0. The molecule has 0 spiro atoms. The van der Waals surface area contributed by atoms with E-state index in [0.717, 1.165) is 24.3 Å². The largest absolute Gasteiger partial charge is 0.479 e.